The van der Waals surface area contributed by atoms with Crippen molar-refractivity contribution in [1.82, 2.24) is 14.9 Å². The zero-order valence-electron chi connectivity index (χ0n) is 50.6. The number of aryl methyl sites for hydroxylation is 3. The maximum atomic E-state index is 13.8. The standard InChI is InChI=1S/C59H89N9O15S/c1-12-17-18-19-20-21-30-84(78)41-81-66(56(73)36-65(77)29-14-3)48-27-24-42(6)51(32-48)61-58(75)82-45(9)34-64(39-63(11)40-80-68(55(72)16-5)53-31-47(26-23-44(53)8)60-54(71)22-13-2)35-46(10)83-59(76)62-52-33-49(28-25-43(52)7)67(57(74)37-69)79-38-50(70)15-4/h15,23-28,31-33,45-46,69,77H,4,12-14,16-22,29-30,34-41H2,1-3,5-11H3,(H,60,71)(H,61,75)(H,62,76). The number of benzene rings is 3. The van der Waals surface area contributed by atoms with E-state index in [1.54, 1.807) is 83.0 Å². The van der Waals surface area contributed by atoms with Crippen LogP contribution in [-0.4, -0.2) is 155 Å². The SMILES string of the molecule is C=CC(=O)CON(C(=O)CO)c1ccc(C)c(NC(=O)OC(C)CN(CC(C)OC(=O)Nc2cc(N(OCS(=O)CCCCCCCC)C(=O)CN(O)CCC)ccc2C)CN(C)CON(C(=O)CC)c2cc(NC(=O)CCC)ccc2C)c1. The number of hydrogen-bond donors (Lipinski definition) is 5. The van der Waals surface area contributed by atoms with E-state index in [1.165, 1.54) is 23.3 Å². The molecule has 0 saturated heterocycles. The molecule has 466 valence electrons. The molecule has 0 aliphatic rings. The quantitative estimate of drug-likeness (QED) is 0.0154. The van der Waals surface area contributed by atoms with E-state index in [2.05, 4.69) is 29.5 Å². The summed E-state index contributed by atoms with van der Waals surface area (Å²) in [6.45, 7) is 18.0. The number of ether oxygens (including phenoxy) is 2. The molecule has 0 heterocycles. The second kappa shape index (κ2) is 38.3. The molecule has 24 nitrogen and oxygen atoms in total. The molecule has 0 aliphatic heterocycles. The third-order valence-electron chi connectivity index (χ3n) is 12.6. The number of nitrogens with one attached hydrogen (secondary N) is 3. The summed E-state index contributed by atoms with van der Waals surface area (Å²) >= 11 is 0. The molecule has 3 unspecified atom stereocenters. The molecule has 0 bridgehead atoms. The molecule has 0 fully saturated rings. The third-order valence-corrected chi connectivity index (χ3v) is 13.7. The molecular formula is C59H89N9O15S. The molecule has 3 atom stereocenters. The van der Waals surface area contributed by atoms with Gasteiger partial charge in [-0.2, -0.15) is 20.3 Å². The second-order valence-electron chi connectivity index (χ2n) is 20.3. The summed E-state index contributed by atoms with van der Waals surface area (Å²) < 4.78 is 24.8. The van der Waals surface area contributed by atoms with Gasteiger partial charge in [-0.3, -0.25) is 63.1 Å². The van der Waals surface area contributed by atoms with Gasteiger partial charge in [-0.05, 0) is 120 Å². The van der Waals surface area contributed by atoms with Crippen molar-refractivity contribution in [2.45, 2.75) is 139 Å². The first-order valence-corrected chi connectivity index (χ1v) is 30.0. The number of aliphatic hydroxyl groups excluding tert-OH is 1. The summed E-state index contributed by atoms with van der Waals surface area (Å²) in [5, 5.41) is 32.1. The summed E-state index contributed by atoms with van der Waals surface area (Å²) in [4.78, 5) is 112. The fourth-order valence-corrected chi connectivity index (χ4v) is 9.16. The van der Waals surface area contributed by atoms with Crippen LogP contribution in [0.25, 0.3) is 0 Å². The van der Waals surface area contributed by atoms with Crippen LogP contribution in [0.15, 0.2) is 67.3 Å². The van der Waals surface area contributed by atoms with Crippen molar-refractivity contribution in [2.75, 3.05) is 103 Å². The first-order valence-electron chi connectivity index (χ1n) is 28.5. The van der Waals surface area contributed by atoms with Crippen molar-refractivity contribution in [3.63, 3.8) is 0 Å². The highest BCUT2D eigenvalue weighted by Gasteiger charge is 2.26. The molecule has 0 saturated carbocycles. The molecule has 3 rings (SSSR count). The van der Waals surface area contributed by atoms with Gasteiger partial charge in [0.05, 0.1) is 34.5 Å². The lowest BCUT2D eigenvalue weighted by atomic mass is 10.1. The van der Waals surface area contributed by atoms with Crippen molar-refractivity contribution < 1.29 is 72.1 Å². The molecule has 3 aromatic rings. The summed E-state index contributed by atoms with van der Waals surface area (Å²) in [5.41, 5.74) is 3.61. The first kappa shape index (κ1) is 71.6. The Morgan fingerprint density at radius 2 is 1.25 bits per heavy atom. The minimum Gasteiger partial charge on any atom is -0.445 e. The molecule has 6 amide bonds. The predicted octanol–water partition coefficient (Wildman–Crippen LogP) is 8.89. The Labute approximate surface area is 497 Å². The molecule has 0 radical (unpaired) electrons. The van der Waals surface area contributed by atoms with E-state index in [9.17, 15) is 48.1 Å². The lowest BCUT2D eigenvalue weighted by Crippen LogP contribution is -2.46. The van der Waals surface area contributed by atoms with E-state index in [-0.39, 0.29) is 80.0 Å². The number of carbonyl (C=O) groups excluding carboxylic acids is 7. The fourth-order valence-electron chi connectivity index (χ4n) is 8.30. The van der Waals surface area contributed by atoms with Crippen LogP contribution in [0.3, 0.4) is 0 Å². The van der Waals surface area contributed by atoms with Gasteiger partial charge in [0.1, 0.15) is 38.7 Å². The van der Waals surface area contributed by atoms with Crippen LogP contribution in [0.5, 0.6) is 0 Å². The molecule has 25 heteroatoms. The Bertz CT molecular complexity index is 2660. The van der Waals surface area contributed by atoms with Gasteiger partial charge in [-0.25, -0.2) is 9.59 Å². The number of rotatable bonds is 39. The van der Waals surface area contributed by atoms with Crippen LogP contribution in [-0.2, 0) is 58.8 Å². The number of hydrogen-bond acceptors (Lipinski definition) is 18. The number of carbonyl (C=O) groups is 7. The number of hydroxylamine groups is 5. The summed E-state index contributed by atoms with van der Waals surface area (Å²) in [6, 6.07) is 14.5. The van der Waals surface area contributed by atoms with Crippen molar-refractivity contribution in [3.8, 4) is 0 Å². The van der Waals surface area contributed by atoms with Crippen LogP contribution < -0.4 is 31.1 Å². The van der Waals surface area contributed by atoms with E-state index in [0.29, 0.717) is 53.1 Å². The smallest absolute Gasteiger partial charge is 0.411 e. The zero-order chi connectivity index (χ0) is 62.3. The van der Waals surface area contributed by atoms with E-state index in [1.807, 2.05) is 25.7 Å². The Kier molecular flexibility index (Phi) is 32.6. The lowest BCUT2D eigenvalue weighted by Gasteiger charge is -2.32. The van der Waals surface area contributed by atoms with Gasteiger partial charge in [-0.1, -0.05) is 84.6 Å². The lowest BCUT2D eigenvalue weighted by molar-refractivity contribution is -0.141. The number of amides is 6. The van der Waals surface area contributed by atoms with Crippen LogP contribution in [0.4, 0.5) is 43.7 Å². The normalized spacial score (nSPS) is 12.3. The highest BCUT2D eigenvalue weighted by molar-refractivity contribution is 7.84. The van der Waals surface area contributed by atoms with E-state index in [0.717, 1.165) is 59.8 Å². The number of ketones is 1. The van der Waals surface area contributed by atoms with Crippen LogP contribution in [0.2, 0.25) is 0 Å². The van der Waals surface area contributed by atoms with Gasteiger partial charge in [0.25, 0.3) is 17.7 Å². The van der Waals surface area contributed by atoms with Crippen molar-refractivity contribution >= 4 is 86.5 Å². The summed E-state index contributed by atoms with van der Waals surface area (Å²) in [6.07, 6.45) is 5.39. The maximum Gasteiger partial charge on any atom is 0.411 e. The minimum absolute atomic E-state index is 0.0601. The van der Waals surface area contributed by atoms with Crippen LogP contribution in [0.1, 0.15) is 122 Å². The van der Waals surface area contributed by atoms with E-state index >= 15 is 0 Å². The van der Waals surface area contributed by atoms with E-state index in [4.69, 9.17) is 24.0 Å². The van der Waals surface area contributed by atoms with Gasteiger partial charge < -0.3 is 25.1 Å². The number of anilines is 6. The van der Waals surface area contributed by atoms with Crippen LogP contribution >= 0.6 is 0 Å². The van der Waals surface area contributed by atoms with Gasteiger partial charge in [0, 0.05) is 55.3 Å². The zero-order valence-corrected chi connectivity index (χ0v) is 51.4. The molecule has 84 heavy (non-hydrogen) atoms. The monoisotopic (exact) mass is 1200 g/mol. The predicted molar refractivity (Wildman–Crippen MR) is 323 cm³/mol. The van der Waals surface area contributed by atoms with Crippen molar-refractivity contribution in [2.24, 2.45) is 0 Å². The van der Waals surface area contributed by atoms with Gasteiger partial charge in [0.2, 0.25) is 5.91 Å². The van der Waals surface area contributed by atoms with E-state index < -0.39 is 72.6 Å². The summed E-state index contributed by atoms with van der Waals surface area (Å²) in [5.74, 6) is -2.43. The highest BCUT2D eigenvalue weighted by Crippen LogP contribution is 2.28. The second-order valence-corrected chi connectivity index (χ2v) is 21.9. The third kappa shape index (κ3) is 25.7. The number of aliphatic hydroxyl groups is 1. The minimum atomic E-state index is -1.41. The maximum absolute atomic E-state index is 13.8. The Morgan fingerprint density at radius 3 is 1.80 bits per heavy atom. The highest BCUT2D eigenvalue weighted by atomic mass is 32.2. The van der Waals surface area contributed by atoms with Crippen molar-refractivity contribution in [3.05, 3.63) is 83.9 Å². The van der Waals surface area contributed by atoms with Gasteiger partial charge in [0.15, 0.2) is 11.7 Å². The average Bonchev–Trinajstić information content (AvgIpc) is 3.61. The summed E-state index contributed by atoms with van der Waals surface area (Å²) in [7, 11) is 0.317. The molecule has 0 spiro atoms. The Balaban J connectivity index is 1.88. The largest absolute Gasteiger partial charge is 0.445 e. The first-order chi connectivity index (χ1) is 40.0. The number of nitrogens with zero attached hydrogens (tertiary/aromatic N) is 6. The molecule has 5 N–H and O–H groups in total. The Morgan fingerprint density at radius 1 is 0.679 bits per heavy atom. The number of unbranched alkanes of at least 4 members (excludes halogenated alkanes) is 5. The average molecular weight is 1200 g/mol. The molecule has 0 aromatic heterocycles. The molecule has 3 aromatic carbocycles. The van der Waals surface area contributed by atoms with Gasteiger partial charge >= 0.3 is 12.2 Å². The molecular weight excluding hydrogens is 1110 g/mol. The Hall–Kier alpha value is -6.68. The molecule has 0 aliphatic carbocycles. The van der Waals surface area contributed by atoms with Crippen molar-refractivity contribution in [1.29, 1.82) is 0 Å². The van der Waals surface area contributed by atoms with Crippen LogP contribution in [0, 0.1) is 20.8 Å². The topological polar surface area (TPSA) is 279 Å². The fraction of sp³-hybridized carbons (Fsp3) is 0.542. The van der Waals surface area contributed by atoms with Gasteiger partial charge in [-0.15, -0.1) is 0 Å².